The normalized spacial score (nSPS) is 46.9. The zero-order valence-corrected chi connectivity index (χ0v) is 10.2. The van der Waals surface area contributed by atoms with Gasteiger partial charge in [-0.25, -0.2) is 0 Å². The molecule has 0 aromatic carbocycles. The fourth-order valence-electron chi connectivity index (χ4n) is 4.20. The van der Waals surface area contributed by atoms with E-state index in [9.17, 15) is 9.90 Å². The van der Waals surface area contributed by atoms with Crippen molar-refractivity contribution >= 4 is 5.97 Å². The summed E-state index contributed by atoms with van der Waals surface area (Å²) in [4.78, 5) is 12.1. The Bertz CT molecular complexity index is 349. The van der Waals surface area contributed by atoms with Gasteiger partial charge in [0.2, 0.25) is 0 Å². The van der Waals surface area contributed by atoms with Crippen molar-refractivity contribution in [2.45, 2.75) is 32.3 Å². The van der Waals surface area contributed by atoms with Crippen LogP contribution in [-0.2, 0) is 9.53 Å². The Kier molecular flexibility index (Phi) is 2.74. The van der Waals surface area contributed by atoms with Gasteiger partial charge in [-0.2, -0.15) is 0 Å². The van der Waals surface area contributed by atoms with Crippen molar-refractivity contribution in [1.29, 1.82) is 0 Å². The highest BCUT2D eigenvalue weighted by Gasteiger charge is 2.53. The maximum absolute atomic E-state index is 12.1. The Morgan fingerprint density at radius 2 is 2.18 bits per heavy atom. The SMILES string of the molecule is CCOC(=O)C1C2C=CC3C1CC[C@@H](O)C3C2. The van der Waals surface area contributed by atoms with Gasteiger partial charge in [0.15, 0.2) is 0 Å². The molecule has 0 amide bonds. The fraction of sp³-hybridized carbons (Fsp3) is 0.786. The zero-order chi connectivity index (χ0) is 12.0. The highest BCUT2D eigenvalue weighted by atomic mass is 16.5. The van der Waals surface area contributed by atoms with Crippen LogP contribution in [0.4, 0.5) is 0 Å². The summed E-state index contributed by atoms with van der Waals surface area (Å²) in [6.07, 6.45) is 7.03. The number of hydrogen-bond donors (Lipinski definition) is 1. The van der Waals surface area contributed by atoms with Gasteiger partial charge < -0.3 is 9.84 Å². The monoisotopic (exact) mass is 236 g/mol. The second kappa shape index (κ2) is 4.13. The van der Waals surface area contributed by atoms with E-state index in [2.05, 4.69) is 12.2 Å². The molecule has 0 aliphatic heterocycles. The first-order valence-electron chi connectivity index (χ1n) is 6.75. The van der Waals surface area contributed by atoms with Gasteiger partial charge in [0, 0.05) is 0 Å². The van der Waals surface area contributed by atoms with Crippen molar-refractivity contribution in [1.82, 2.24) is 0 Å². The number of carbonyl (C=O) groups is 1. The summed E-state index contributed by atoms with van der Waals surface area (Å²) in [7, 11) is 0. The zero-order valence-electron chi connectivity index (χ0n) is 10.2. The summed E-state index contributed by atoms with van der Waals surface area (Å²) in [6, 6.07) is 0. The number of aliphatic hydroxyl groups is 1. The summed E-state index contributed by atoms with van der Waals surface area (Å²) < 4.78 is 5.22. The average molecular weight is 236 g/mol. The first kappa shape index (κ1) is 11.3. The average Bonchev–Trinajstić information content (AvgIpc) is 2.35. The van der Waals surface area contributed by atoms with E-state index in [-0.39, 0.29) is 18.0 Å². The van der Waals surface area contributed by atoms with Gasteiger partial charge in [0.25, 0.3) is 0 Å². The van der Waals surface area contributed by atoms with Crippen molar-refractivity contribution in [3.05, 3.63) is 12.2 Å². The van der Waals surface area contributed by atoms with Crippen LogP contribution in [0.15, 0.2) is 12.2 Å². The minimum Gasteiger partial charge on any atom is -0.466 e. The number of aliphatic hydroxyl groups excluding tert-OH is 1. The van der Waals surface area contributed by atoms with Gasteiger partial charge >= 0.3 is 5.97 Å². The van der Waals surface area contributed by atoms with Crippen LogP contribution in [0.5, 0.6) is 0 Å². The third-order valence-electron chi connectivity index (χ3n) is 4.88. The van der Waals surface area contributed by atoms with E-state index < -0.39 is 0 Å². The third-order valence-corrected chi connectivity index (χ3v) is 4.88. The van der Waals surface area contributed by atoms with Gasteiger partial charge in [-0.05, 0) is 49.9 Å². The molecule has 3 nitrogen and oxygen atoms in total. The predicted molar refractivity (Wildman–Crippen MR) is 63.1 cm³/mol. The highest BCUT2D eigenvalue weighted by Crippen LogP contribution is 2.54. The standard InChI is InChI=1S/C14H20O3/c1-2-17-14(16)13-8-3-4-9-10(13)5-6-12(15)11(9)7-8/h3-4,8-13,15H,2,5-7H2,1H3/t8?,9?,10?,11?,12-,13?/m1/s1. The lowest BCUT2D eigenvalue weighted by Gasteiger charge is -2.52. The van der Waals surface area contributed by atoms with Crippen LogP contribution in [-0.4, -0.2) is 23.8 Å². The Hall–Kier alpha value is -0.830. The molecule has 5 unspecified atom stereocenters. The first-order valence-corrected chi connectivity index (χ1v) is 6.75. The predicted octanol–water partition coefficient (Wildman–Crippen LogP) is 1.76. The molecular formula is C14H20O3. The number of carbonyl (C=O) groups excluding carboxylic acids is 1. The molecule has 4 aliphatic rings. The smallest absolute Gasteiger partial charge is 0.309 e. The lowest BCUT2D eigenvalue weighted by molar-refractivity contribution is -0.160. The van der Waals surface area contributed by atoms with E-state index in [1.807, 2.05) is 6.92 Å². The van der Waals surface area contributed by atoms with Crippen LogP contribution >= 0.6 is 0 Å². The lowest BCUT2D eigenvalue weighted by atomic mass is 9.52. The Morgan fingerprint density at radius 3 is 2.94 bits per heavy atom. The molecule has 0 spiro atoms. The maximum Gasteiger partial charge on any atom is 0.309 e. The first-order chi connectivity index (χ1) is 8.22. The van der Waals surface area contributed by atoms with Gasteiger partial charge in [-0.3, -0.25) is 4.79 Å². The van der Waals surface area contributed by atoms with Crippen LogP contribution in [0.25, 0.3) is 0 Å². The molecule has 0 heterocycles. The van der Waals surface area contributed by atoms with E-state index in [0.717, 1.165) is 19.3 Å². The summed E-state index contributed by atoms with van der Waals surface area (Å²) in [5, 5.41) is 10.0. The van der Waals surface area contributed by atoms with Crippen LogP contribution < -0.4 is 0 Å². The van der Waals surface area contributed by atoms with Crippen molar-refractivity contribution in [3.8, 4) is 0 Å². The number of rotatable bonds is 2. The Balaban J connectivity index is 1.85. The molecule has 94 valence electrons. The van der Waals surface area contributed by atoms with Gasteiger partial charge in [0.05, 0.1) is 18.6 Å². The molecule has 17 heavy (non-hydrogen) atoms. The molecule has 1 N–H and O–H groups in total. The van der Waals surface area contributed by atoms with Crippen molar-refractivity contribution < 1.29 is 14.6 Å². The molecule has 4 bridgehead atoms. The number of hydrogen-bond acceptors (Lipinski definition) is 3. The minimum absolute atomic E-state index is 0.0216. The number of esters is 1. The third kappa shape index (κ3) is 1.63. The lowest BCUT2D eigenvalue weighted by Crippen LogP contribution is -2.52. The van der Waals surface area contributed by atoms with Crippen LogP contribution in [0.1, 0.15) is 26.2 Å². The second-order valence-corrected chi connectivity index (χ2v) is 5.61. The topological polar surface area (TPSA) is 46.5 Å². The molecular weight excluding hydrogens is 216 g/mol. The van der Waals surface area contributed by atoms with Crippen LogP contribution in [0.2, 0.25) is 0 Å². The Morgan fingerprint density at radius 1 is 1.35 bits per heavy atom. The van der Waals surface area contributed by atoms with Crippen LogP contribution in [0, 0.1) is 29.6 Å². The molecule has 2 fully saturated rings. The molecule has 4 aliphatic carbocycles. The highest BCUT2D eigenvalue weighted by molar-refractivity contribution is 5.74. The van der Waals surface area contributed by atoms with E-state index >= 15 is 0 Å². The van der Waals surface area contributed by atoms with E-state index in [1.165, 1.54) is 0 Å². The molecule has 3 heteroatoms. The molecule has 2 saturated carbocycles. The molecule has 0 radical (unpaired) electrons. The van der Waals surface area contributed by atoms with Gasteiger partial charge in [-0.1, -0.05) is 12.2 Å². The van der Waals surface area contributed by atoms with Gasteiger partial charge in [0.1, 0.15) is 0 Å². The molecule has 0 saturated heterocycles. The Labute approximate surface area is 102 Å². The van der Waals surface area contributed by atoms with Crippen molar-refractivity contribution in [3.63, 3.8) is 0 Å². The largest absolute Gasteiger partial charge is 0.466 e. The van der Waals surface area contributed by atoms with E-state index in [0.29, 0.717) is 30.3 Å². The number of allylic oxidation sites excluding steroid dienone is 2. The minimum atomic E-state index is -0.160. The summed E-state index contributed by atoms with van der Waals surface area (Å²) in [5.74, 6) is 1.52. The summed E-state index contributed by atoms with van der Waals surface area (Å²) in [6.45, 7) is 2.33. The van der Waals surface area contributed by atoms with Gasteiger partial charge in [-0.15, -0.1) is 0 Å². The quantitative estimate of drug-likeness (QED) is 0.587. The van der Waals surface area contributed by atoms with Crippen molar-refractivity contribution in [2.75, 3.05) is 6.61 Å². The maximum atomic E-state index is 12.1. The molecule has 4 rings (SSSR count). The summed E-state index contributed by atoms with van der Waals surface area (Å²) in [5.41, 5.74) is 0. The van der Waals surface area contributed by atoms with Crippen molar-refractivity contribution in [2.24, 2.45) is 29.6 Å². The fourth-order valence-corrected chi connectivity index (χ4v) is 4.20. The molecule has 6 atom stereocenters. The van der Waals surface area contributed by atoms with E-state index in [4.69, 9.17) is 4.74 Å². The molecule has 0 aromatic rings. The molecule has 0 aromatic heterocycles. The van der Waals surface area contributed by atoms with E-state index in [1.54, 1.807) is 0 Å². The number of ether oxygens (including phenoxy) is 1. The van der Waals surface area contributed by atoms with Crippen LogP contribution in [0.3, 0.4) is 0 Å². The summed E-state index contributed by atoms with van der Waals surface area (Å²) >= 11 is 0. The second-order valence-electron chi connectivity index (χ2n) is 5.61.